The highest BCUT2D eigenvalue weighted by atomic mass is 14.9. The average Bonchev–Trinajstić information content (AvgIpc) is 3.18. The van der Waals surface area contributed by atoms with Gasteiger partial charge in [0.05, 0.1) is 5.69 Å². The Hall–Kier alpha value is -2.81. The number of aromatic nitrogens is 3. The Labute approximate surface area is 116 Å². The molecule has 0 atom stereocenters. The smallest absolute Gasteiger partial charge is 0.137 e. The third kappa shape index (κ3) is 1.64. The van der Waals surface area contributed by atoms with Gasteiger partial charge in [-0.05, 0) is 35.9 Å². The van der Waals surface area contributed by atoms with Gasteiger partial charge in [0.2, 0.25) is 0 Å². The van der Waals surface area contributed by atoms with Gasteiger partial charge < -0.3 is 9.55 Å². The first-order valence-electron chi connectivity index (χ1n) is 6.58. The van der Waals surface area contributed by atoms with E-state index in [0.717, 1.165) is 11.0 Å². The summed E-state index contributed by atoms with van der Waals surface area (Å²) in [7, 11) is 0. The van der Waals surface area contributed by atoms with Gasteiger partial charge in [-0.15, -0.1) is 0 Å². The van der Waals surface area contributed by atoms with Gasteiger partial charge in [0, 0.05) is 35.7 Å². The number of nitrogens with one attached hydrogen (secondary N) is 1. The van der Waals surface area contributed by atoms with Gasteiger partial charge in [-0.3, -0.25) is 0 Å². The number of hydrogen-bond acceptors (Lipinski definition) is 1. The minimum atomic E-state index is 0.921. The van der Waals surface area contributed by atoms with Gasteiger partial charge in [0.15, 0.2) is 0 Å². The van der Waals surface area contributed by atoms with E-state index in [-0.39, 0.29) is 0 Å². The van der Waals surface area contributed by atoms with Crippen LogP contribution in [0, 0.1) is 0 Å². The van der Waals surface area contributed by atoms with Crippen molar-refractivity contribution >= 4 is 11.0 Å². The SMILES string of the molecule is c1ccc(-n2cccc2)c(-c2ccnc3[nH]ccc23)c1. The number of nitrogens with zero attached hydrogens (tertiary/aromatic N) is 2. The molecule has 4 rings (SSSR count). The highest BCUT2D eigenvalue weighted by Crippen LogP contribution is 2.31. The zero-order valence-electron chi connectivity index (χ0n) is 10.8. The molecule has 3 heterocycles. The normalized spacial score (nSPS) is 11.0. The molecule has 0 spiro atoms. The third-order valence-electron chi connectivity index (χ3n) is 3.54. The van der Waals surface area contributed by atoms with Crippen LogP contribution >= 0.6 is 0 Å². The van der Waals surface area contributed by atoms with E-state index in [2.05, 4.69) is 63.3 Å². The average molecular weight is 259 g/mol. The fraction of sp³-hybridized carbons (Fsp3) is 0. The predicted octanol–water partition coefficient (Wildman–Crippen LogP) is 4.02. The first-order chi connectivity index (χ1) is 9.93. The van der Waals surface area contributed by atoms with E-state index in [0.29, 0.717) is 0 Å². The molecule has 4 aromatic rings. The molecule has 0 aliphatic heterocycles. The summed E-state index contributed by atoms with van der Waals surface area (Å²) in [6.07, 6.45) is 7.91. The maximum Gasteiger partial charge on any atom is 0.137 e. The number of rotatable bonds is 2. The van der Waals surface area contributed by atoms with Gasteiger partial charge in [-0.25, -0.2) is 4.98 Å². The summed E-state index contributed by atoms with van der Waals surface area (Å²) in [5.41, 5.74) is 4.49. The highest BCUT2D eigenvalue weighted by Gasteiger charge is 2.10. The molecule has 1 aromatic carbocycles. The van der Waals surface area contributed by atoms with Crippen LogP contribution in [-0.2, 0) is 0 Å². The lowest BCUT2D eigenvalue weighted by molar-refractivity contribution is 1.08. The topological polar surface area (TPSA) is 33.6 Å². The third-order valence-corrected chi connectivity index (χ3v) is 3.54. The van der Waals surface area contributed by atoms with Crippen LogP contribution in [0.1, 0.15) is 0 Å². The van der Waals surface area contributed by atoms with E-state index >= 15 is 0 Å². The molecule has 0 radical (unpaired) electrons. The van der Waals surface area contributed by atoms with Crippen molar-refractivity contribution < 1.29 is 0 Å². The van der Waals surface area contributed by atoms with E-state index in [1.807, 2.05) is 24.5 Å². The van der Waals surface area contributed by atoms with E-state index in [4.69, 9.17) is 0 Å². The van der Waals surface area contributed by atoms with Crippen LogP contribution in [0.2, 0.25) is 0 Å². The summed E-state index contributed by atoms with van der Waals surface area (Å²) < 4.78 is 2.13. The molecule has 0 fully saturated rings. The monoisotopic (exact) mass is 259 g/mol. The van der Waals surface area contributed by atoms with Crippen molar-refractivity contribution in [2.45, 2.75) is 0 Å². The van der Waals surface area contributed by atoms with Crippen molar-refractivity contribution in [1.29, 1.82) is 0 Å². The van der Waals surface area contributed by atoms with Gasteiger partial charge >= 0.3 is 0 Å². The lowest BCUT2D eigenvalue weighted by Crippen LogP contribution is -1.94. The molecule has 0 aliphatic carbocycles. The second-order valence-corrected chi connectivity index (χ2v) is 4.71. The molecule has 0 saturated carbocycles. The molecule has 0 bridgehead atoms. The number of hydrogen-bond donors (Lipinski definition) is 1. The van der Waals surface area contributed by atoms with Crippen LogP contribution in [0.15, 0.2) is 73.3 Å². The Kier molecular flexibility index (Phi) is 2.42. The van der Waals surface area contributed by atoms with E-state index in [9.17, 15) is 0 Å². The number of pyridine rings is 1. The second-order valence-electron chi connectivity index (χ2n) is 4.71. The number of benzene rings is 1. The molecule has 1 N–H and O–H groups in total. The molecule has 3 heteroatoms. The molecular weight excluding hydrogens is 246 g/mol. The minimum Gasteiger partial charge on any atom is -0.346 e. The van der Waals surface area contributed by atoms with E-state index < -0.39 is 0 Å². The molecule has 3 aromatic heterocycles. The standard InChI is InChI=1S/C17H13N3/c1-2-6-16(20-11-3-4-12-20)14(5-1)13-7-9-18-17-15(13)8-10-19-17/h1-12H,(H,18,19). The molecule has 96 valence electrons. The van der Waals surface area contributed by atoms with E-state index in [1.165, 1.54) is 16.8 Å². The maximum absolute atomic E-state index is 4.36. The number of aromatic amines is 1. The fourth-order valence-corrected chi connectivity index (χ4v) is 2.62. The van der Waals surface area contributed by atoms with Crippen molar-refractivity contribution in [2.75, 3.05) is 0 Å². The first kappa shape index (κ1) is 11.1. The lowest BCUT2D eigenvalue weighted by atomic mass is 10.0. The van der Waals surface area contributed by atoms with E-state index in [1.54, 1.807) is 0 Å². The van der Waals surface area contributed by atoms with Gasteiger partial charge in [0.1, 0.15) is 5.65 Å². The minimum absolute atomic E-state index is 0.921. The number of fused-ring (bicyclic) bond motifs is 1. The predicted molar refractivity (Wildman–Crippen MR) is 80.9 cm³/mol. The van der Waals surface area contributed by atoms with Crippen molar-refractivity contribution in [3.05, 3.63) is 73.3 Å². The molecule has 0 amide bonds. The maximum atomic E-state index is 4.36. The van der Waals surface area contributed by atoms with Gasteiger partial charge in [0.25, 0.3) is 0 Å². The van der Waals surface area contributed by atoms with Crippen LogP contribution < -0.4 is 0 Å². The first-order valence-corrected chi connectivity index (χ1v) is 6.58. The summed E-state index contributed by atoms with van der Waals surface area (Å²) in [5.74, 6) is 0. The van der Waals surface area contributed by atoms with Crippen molar-refractivity contribution in [3.63, 3.8) is 0 Å². The summed E-state index contributed by atoms with van der Waals surface area (Å²) in [5, 5.41) is 1.15. The number of para-hydroxylation sites is 1. The Morgan fingerprint density at radius 3 is 2.60 bits per heavy atom. The number of H-pyrrole nitrogens is 1. The van der Waals surface area contributed by atoms with Crippen LogP contribution in [0.3, 0.4) is 0 Å². The van der Waals surface area contributed by atoms with Crippen LogP contribution in [-0.4, -0.2) is 14.5 Å². The Bertz CT molecular complexity index is 857. The Balaban J connectivity index is 2.02. The van der Waals surface area contributed by atoms with Gasteiger partial charge in [-0.1, -0.05) is 18.2 Å². The molecule has 3 nitrogen and oxygen atoms in total. The summed E-state index contributed by atoms with van der Waals surface area (Å²) in [6, 6.07) is 16.6. The van der Waals surface area contributed by atoms with Crippen molar-refractivity contribution in [2.24, 2.45) is 0 Å². The summed E-state index contributed by atoms with van der Waals surface area (Å²) in [4.78, 5) is 7.52. The highest BCUT2D eigenvalue weighted by molar-refractivity contribution is 5.95. The zero-order chi connectivity index (χ0) is 13.4. The summed E-state index contributed by atoms with van der Waals surface area (Å²) in [6.45, 7) is 0. The summed E-state index contributed by atoms with van der Waals surface area (Å²) >= 11 is 0. The molecular formula is C17H13N3. The zero-order valence-corrected chi connectivity index (χ0v) is 10.8. The van der Waals surface area contributed by atoms with Crippen LogP contribution in [0.5, 0.6) is 0 Å². The van der Waals surface area contributed by atoms with Crippen LogP contribution in [0.4, 0.5) is 0 Å². The van der Waals surface area contributed by atoms with Crippen molar-refractivity contribution in [1.82, 2.24) is 14.5 Å². The lowest BCUT2D eigenvalue weighted by Gasteiger charge is -2.11. The quantitative estimate of drug-likeness (QED) is 0.579. The largest absolute Gasteiger partial charge is 0.346 e. The molecule has 0 unspecified atom stereocenters. The van der Waals surface area contributed by atoms with Crippen LogP contribution in [0.25, 0.3) is 27.8 Å². The molecule has 0 saturated heterocycles. The Morgan fingerprint density at radius 1 is 0.850 bits per heavy atom. The van der Waals surface area contributed by atoms with Gasteiger partial charge in [-0.2, -0.15) is 0 Å². The van der Waals surface area contributed by atoms with Crippen molar-refractivity contribution in [3.8, 4) is 16.8 Å². The molecule has 20 heavy (non-hydrogen) atoms. The fourth-order valence-electron chi connectivity index (χ4n) is 2.62. The second kappa shape index (κ2) is 4.38. The Morgan fingerprint density at radius 2 is 1.70 bits per heavy atom. The molecule has 0 aliphatic rings.